The van der Waals surface area contributed by atoms with E-state index in [0.29, 0.717) is 0 Å². The van der Waals surface area contributed by atoms with E-state index in [2.05, 4.69) is 43.2 Å². The van der Waals surface area contributed by atoms with Gasteiger partial charge in [-0.15, -0.1) is 5.10 Å². The Morgan fingerprint density at radius 3 is 2.42 bits per heavy atom. The highest BCUT2D eigenvalue weighted by Crippen LogP contribution is 2.26. The number of ether oxygens (including phenoxy) is 1. The van der Waals surface area contributed by atoms with Gasteiger partial charge < -0.3 is 4.74 Å². The van der Waals surface area contributed by atoms with E-state index in [4.69, 9.17) is 4.74 Å². The van der Waals surface area contributed by atoms with Gasteiger partial charge >= 0.3 is 0 Å². The van der Waals surface area contributed by atoms with Crippen molar-refractivity contribution in [3.8, 4) is 22.7 Å². The molecule has 0 unspecified atom stereocenters. The van der Waals surface area contributed by atoms with Crippen molar-refractivity contribution in [3.63, 3.8) is 0 Å². The first-order chi connectivity index (χ1) is 11.7. The summed E-state index contributed by atoms with van der Waals surface area (Å²) in [4.78, 5) is 0. The molecule has 0 saturated heterocycles. The van der Waals surface area contributed by atoms with Gasteiger partial charge in [-0.25, -0.2) is 4.68 Å². The average molecular weight is 321 g/mol. The Labute approximate surface area is 143 Å². The summed E-state index contributed by atoms with van der Waals surface area (Å²) in [6.07, 6.45) is 3.87. The second kappa shape index (κ2) is 6.87. The molecule has 0 aliphatic rings. The highest BCUT2D eigenvalue weighted by atomic mass is 16.5. The summed E-state index contributed by atoms with van der Waals surface area (Å²) in [5, 5.41) is 8.44. The van der Waals surface area contributed by atoms with E-state index >= 15 is 0 Å². The first-order valence-electron chi connectivity index (χ1n) is 8.35. The third-order valence-electron chi connectivity index (χ3n) is 4.46. The van der Waals surface area contributed by atoms with Crippen LogP contribution in [0.15, 0.2) is 42.6 Å². The average Bonchev–Trinajstić information content (AvgIpc) is 3.10. The third kappa shape index (κ3) is 2.92. The van der Waals surface area contributed by atoms with Gasteiger partial charge in [0.15, 0.2) is 0 Å². The number of methoxy groups -OCH3 is 1. The molecule has 3 aromatic rings. The van der Waals surface area contributed by atoms with Crippen LogP contribution in [0.5, 0.6) is 5.75 Å². The summed E-state index contributed by atoms with van der Waals surface area (Å²) < 4.78 is 7.15. The number of aryl methyl sites for hydroxylation is 2. The van der Waals surface area contributed by atoms with Crippen molar-refractivity contribution in [1.82, 2.24) is 15.0 Å². The van der Waals surface area contributed by atoms with Crippen LogP contribution in [0.2, 0.25) is 0 Å². The fraction of sp³-hybridized carbons (Fsp3) is 0.300. The van der Waals surface area contributed by atoms with E-state index in [1.807, 2.05) is 28.9 Å². The number of benzene rings is 2. The molecule has 0 amide bonds. The van der Waals surface area contributed by atoms with Crippen molar-refractivity contribution in [2.75, 3.05) is 7.11 Å². The van der Waals surface area contributed by atoms with Crippen LogP contribution >= 0.6 is 0 Å². The maximum Gasteiger partial charge on any atom is 0.118 e. The zero-order valence-electron chi connectivity index (χ0n) is 14.7. The monoisotopic (exact) mass is 321 g/mol. The van der Waals surface area contributed by atoms with Gasteiger partial charge in [-0.3, -0.25) is 0 Å². The molecule has 3 rings (SSSR count). The predicted molar refractivity (Wildman–Crippen MR) is 96.8 cm³/mol. The molecule has 4 heteroatoms. The number of hydrogen-bond donors (Lipinski definition) is 0. The largest absolute Gasteiger partial charge is 0.497 e. The van der Waals surface area contributed by atoms with Gasteiger partial charge in [-0.1, -0.05) is 19.1 Å². The van der Waals surface area contributed by atoms with Crippen molar-refractivity contribution >= 4 is 0 Å². The number of aromatic nitrogens is 3. The SMILES string of the molecule is CCc1cc(-n2nncc2-c2ccc(OC)cc2)cc(C)c1CC. The lowest BCUT2D eigenvalue weighted by Gasteiger charge is -2.14. The standard InChI is InChI=1S/C20H23N3O/c1-5-15-12-17(11-14(3)19(15)6-2)23-20(13-21-22-23)16-7-9-18(24-4)10-8-16/h7-13H,5-6H2,1-4H3. The van der Waals surface area contributed by atoms with Crippen LogP contribution in [0.4, 0.5) is 0 Å². The van der Waals surface area contributed by atoms with E-state index < -0.39 is 0 Å². The number of hydrogen-bond acceptors (Lipinski definition) is 3. The molecule has 0 saturated carbocycles. The van der Waals surface area contributed by atoms with Gasteiger partial charge in [0.25, 0.3) is 0 Å². The maximum atomic E-state index is 5.23. The highest BCUT2D eigenvalue weighted by molar-refractivity contribution is 5.62. The second-order valence-corrected chi connectivity index (χ2v) is 5.87. The van der Waals surface area contributed by atoms with Gasteiger partial charge in [-0.2, -0.15) is 0 Å². The minimum atomic E-state index is 0.842. The molecule has 4 nitrogen and oxygen atoms in total. The molecule has 2 aromatic carbocycles. The topological polar surface area (TPSA) is 39.9 Å². The Balaban J connectivity index is 2.08. The van der Waals surface area contributed by atoms with Crippen molar-refractivity contribution < 1.29 is 4.74 Å². The molecule has 0 spiro atoms. The van der Waals surface area contributed by atoms with E-state index in [1.54, 1.807) is 13.3 Å². The molecule has 24 heavy (non-hydrogen) atoms. The number of rotatable bonds is 5. The van der Waals surface area contributed by atoms with Crippen molar-refractivity contribution in [2.24, 2.45) is 0 Å². The fourth-order valence-corrected chi connectivity index (χ4v) is 3.20. The van der Waals surface area contributed by atoms with Gasteiger partial charge in [0, 0.05) is 5.56 Å². The van der Waals surface area contributed by atoms with Crippen LogP contribution in [-0.2, 0) is 12.8 Å². The normalized spacial score (nSPS) is 10.8. The molecule has 0 N–H and O–H groups in total. The zero-order valence-corrected chi connectivity index (χ0v) is 14.7. The van der Waals surface area contributed by atoms with Crippen LogP contribution in [0, 0.1) is 6.92 Å². The lowest BCUT2D eigenvalue weighted by molar-refractivity contribution is 0.415. The highest BCUT2D eigenvalue weighted by Gasteiger charge is 2.12. The van der Waals surface area contributed by atoms with Crippen molar-refractivity contribution in [3.05, 3.63) is 59.3 Å². The molecule has 0 aliphatic heterocycles. The summed E-state index contributed by atoms with van der Waals surface area (Å²) in [6.45, 7) is 6.58. The van der Waals surface area contributed by atoms with Gasteiger partial charge in [0.2, 0.25) is 0 Å². The van der Waals surface area contributed by atoms with E-state index in [0.717, 1.165) is 35.5 Å². The van der Waals surface area contributed by atoms with Crippen molar-refractivity contribution in [1.29, 1.82) is 0 Å². The molecule has 1 aromatic heterocycles. The van der Waals surface area contributed by atoms with Crippen LogP contribution in [-0.4, -0.2) is 22.1 Å². The van der Waals surface area contributed by atoms with Crippen LogP contribution in [0.1, 0.15) is 30.5 Å². The Morgan fingerprint density at radius 1 is 1.04 bits per heavy atom. The molecule has 1 heterocycles. The van der Waals surface area contributed by atoms with Crippen LogP contribution in [0.25, 0.3) is 16.9 Å². The molecule has 0 bridgehead atoms. The molecular weight excluding hydrogens is 298 g/mol. The predicted octanol–water partition coefficient (Wildman–Crippen LogP) is 4.38. The molecule has 124 valence electrons. The maximum absolute atomic E-state index is 5.23. The number of nitrogens with zero attached hydrogens (tertiary/aromatic N) is 3. The summed E-state index contributed by atoms with van der Waals surface area (Å²) in [7, 11) is 1.67. The first-order valence-corrected chi connectivity index (χ1v) is 8.35. The fourth-order valence-electron chi connectivity index (χ4n) is 3.20. The molecule has 0 atom stereocenters. The lowest BCUT2D eigenvalue weighted by Crippen LogP contribution is -2.04. The smallest absolute Gasteiger partial charge is 0.118 e. The minimum absolute atomic E-state index is 0.842. The van der Waals surface area contributed by atoms with Gasteiger partial charge in [0.1, 0.15) is 5.75 Å². The first kappa shape index (κ1) is 16.2. The van der Waals surface area contributed by atoms with Crippen LogP contribution < -0.4 is 4.74 Å². The lowest BCUT2D eigenvalue weighted by atomic mass is 9.97. The molecule has 0 aliphatic carbocycles. The Hall–Kier alpha value is -2.62. The molecule has 0 radical (unpaired) electrons. The van der Waals surface area contributed by atoms with Crippen LogP contribution in [0.3, 0.4) is 0 Å². The Morgan fingerprint density at radius 2 is 1.79 bits per heavy atom. The molecule has 0 fully saturated rings. The summed E-state index contributed by atoms with van der Waals surface area (Å²) in [5.41, 5.74) is 7.23. The zero-order chi connectivity index (χ0) is 17.1. The van der Waals surface area contributed by atoms with E-state index in [-0.39, 0.29) is 0 Å². The molecular formula is C20H23N3O. The summed E-state index contributed by atoms with van der Waals surface area (Å²) in [5.74, 6) is 0.842. The van der Waals surface area contributed by atoms with Crippen molar-refractivity contribution in [2.45, 2.75) is 33.6 Å². The van der Waals surface area contributed by atoms with E-state index in [1.165, 1.54) is 16.7 Å². The van der Waals surface area contributed by atoms with Gasteiger partial charge in [-0.05, 0) is 72.9 Å². The Bertz CT molecular complexity index is 835. The minimum Gasteiger partial charge on any atom is -0.497 e. The van der Waals surface area contributed by atoms with Gasteiger partial charge in [0.05, 0.1) is 24.7 Å². The summed E-state index contributed by atoms with van der Waals surface area (Å²) in [6, 6.07) is 12.4. The summed E-state index contributed by atoms with van der Waals surface area (Å²) >= 11 is 0. The second-order valence-electron chi connectivity index (χ2n) is 5.87. The van der Waals surface area contributed by atoms with E-state index in [9.17, 15) is 0 Å². The quantitative estimate of drug-likeness (QED) is 0.700. The Kier molecular flexibility index (Phi) is 4.65. The third-order valence-corrected chi connectivity index (χ3v) is 4.46.